The van der Waals surface area contributed by atoms with Crippen LogP contribution in [0.25, 0.3) is 0 Å². The molecule has 0 heterocycles. The van der Waals surface area contributed by atoms with Crippen molar-refractivity contribution in [2.45, 2.75) is 26.3 Å². The zero-order chi connectivity index (χ0) is 6.41. The largest absolute Gasteiger partial charge is 0.421 e. The van der Waals surface area contributed by atoms with Gasteiger partial charge in [0.1, 0.15) is 0 Å². The lowest BCUT2D eigenvalue weighted by Crippen LogP contribution is -1.95. The Kier molecular flexibility index (Phi) is 5.43. The Labute approximate surface area is 54.4 Å². The molecule has 0 spiro atoms. The first kappa shape index (κ1) is 8.18. The zero-order valence-electron chi connectivity index (χ0n) is 5.90. The van der Waals surface area contributed by atoms with Gasteiger partial charge in [-0.15, -0.1) is 0 Å². The normalized spacial score (nSPS) is 10.5. The van der Waals surface area contributed by atoms with Gasteiger partial charge in [-0.05, 0) is 12.0 Å². The molecule has 8 heavy (non-hydrogen) atoms. The molecule has 2 radical (unpaired) electrons. The lowest BCUT2D eigenvalue weighted by Gasteiger charge is -1.99. The van der Waals surface area contributed by atoms with Crippen LogP contribution in [0.4, 0.5) is 0 Å². The Balaban J connectivity index is 2.72. The minimum Gasteiger partial charge on any atom is -0.421 e. The minimum atomic E-state index is 0.708. The molecule has 0 fully saturated rings. The lowest BCUT2D eigenvalue weighted by molar-refractivity contribution is 0.435. The van der Waals surface area contributed by atoms with Crippen molar-refractivity contribution in [2.24, 2.45) is 5.92 Å². The van der Waals surface area contributed by atoms with Crippen LogP contribution < -0.4 is 0 Å². The molecule has 0 aliphatic heterocycles. The smallest absolute Gasteiger partial charge is 0.229 e. The third-order valence-corrected chi connectivity index (χ3v) is 1.75. The molecule has 0 aliphatic carbocycles. The molecule has 0 aliphatic rings. The maximum Gasteiger partial charge on any atom is 0.229 e. The average molecular weight is 130 g/mol. The van der Waals surface area contributed by atoms with Gasteiger partial charge in [0.2, 0.25) is 9.76 Å². The van der Waals surface area contributed by atoms with E-state index in [2.05, 4.69) is 13.8 Å². The summed E-state index contributed by atoms with van der Waals surface area (Å²) in [6, 6.07) is 1.23. The molecule has 0 amide bonds. The molecular weight excluding hydrogens is 116 g/mol. The van der Waals surface area contributed by atoms with Crippen LogP contribution in [0.3, 0.4) is 0 Å². The molecule has 0 unspecified atom stereocenters. The van der Waals surface area contributed by atoms with Gasteiger partial charge < -0.3 is 4.43 Å². The molecule has 1 nitrogen and oxygen atoms in total. The Morgan fingerprint density at radius 3 is 2.50 bits per heavy atom. The molecule has 0 bridgehead atoms. The van der Waals surface area contributed by atoms with E-state index >= 15 is 0 Å². The zero-order valence-corrected chi connectivity index (χ0v) is 6.90. The summed E-state index contributed by atoms with van der Waals surface area (Å²) in [5, 5.41) is 0. The highest BCUT2D eigenvalue weighted by atomic mass is 28.2. The van der Waals surface area contributed by atoms with Crippen molar-refractivity contribution in [2.75, 3.05) is 7.11 Å². The van der Waals surface area contributed by atoms with E-state index in [4.69, 9.17) is 4.43 Å². The summed E-state index contributed by atoms with van der Waals surface area (Å²) in [6.07, 6.45) is 1.30. The van der Waals surface area contributed by atoms with Gasteiger partial charge in [-0.3, -0.25) is 0 Å². The van der Waals surface area contributed by atoms with Crippen molar-refractivity contribution in [3.8, 4) is 0 Å². The lowest BCUT2D eigenvalue weighted by atomic mass is 10.2. The monoisotopic (exact) mass is 130 g/mol. The van der Waals surface area contributed by atoms with E-state index in [1.807, 2.05) is 0 Å². The Morgan fingerprint density at radius 1 is 1.50 bits per heavy atom. The van der Waals surface area contributed by atoms with Crippen LogP contribution in [0.15, 0.2) is 0 Å². The second-order valence-corrected chi connectivity index (χ2v) is 3.48. The SMILES string of the molecule is CO[Si]CCC(C)C. The maximum absolute atomic E-state index is 4.92. The highest BCUT2D eigenvalue weighted by Crippen LogP contribution is 2.02. The van der Waals surface area contributed by atoms with Crippen LogP contribution in [0.2, 0.25) is 6.04 Å². The quantitative estimate of drug-likeness (QED) is 0.416. The fraction of sp³-hybridized carbons (Fsp3) is 1.00. The van der Waals surface area contributed by atoms with Crippen LogP contribution in [-0.2, 0) is 4.43 Å². The number of hydrogen-bond acceptors (Lipinski definition) is 1. The van der Waals surface area contributed by atoms with E-state index in [1.54, 1.807) is 7.11 Å². The highest BCUT2D eigenvalue weighted by molar-refractivity contribution is 6.26. The number of rotatable bonds is 4. The van der Waals surface area contributed by atoms with Crippen molar-refractivity contribution < 1.29 is 4.43 Å². The summed E-state index contributed by atoms with van der Waals surface area (Å²) in [7, 11) is 2.47. The second-order valence-electron chi connectivity index (χ2n) is 2.28. The van der Waals surface area contributed by atoms with Gasteiger partial charge in [-0.25, -0.2) is 0 Å². The van der Waals surface area contributed by atoms with Crippen molar-refractivity contribution >= 4 is 9.76 Å². The Hall–Kier alpha value is 0.177. The third-order valence-electron chi connectivity index (χ3n) is 0.968. The fourth-order valence-corrected chi connectivity index (χ4v) is 1.35. The summed E-state index contributed by atoms with van der Waals surface area (Å²) in [5.41, 5.74) is 0. The molecule has 0 aromatic heterocycles. The predicted octanol–water partition coefficient (Wildman–Crippen LogP) is 1.72. The van der Waals surface area contributed by atoms with Crippen molar-refractivity contribution in [3.63, 3.8) is 0 Å². The predicted molar refractivity (Wildman–Crippen MR) is 37.0 cm³/mol. The van der Waals surface area contributed by atoms with Crippen LogP contribution in [0, 0.1) is 5.92 Å². The first-order chi connectivity index (χ1) is 3.77. The van der Waals surface area contributed by atoms with E-state index in [9.17, 15) is 0 Å². The standard InChI is InChI=1S/C6H14OSi/c1-6(2)4-5-8-7-3/h6H,4-5H2,1-3H3. The fourth-order valence-electron chi connectivity index (χ4n) is 0.450. The molecule has 0 N–H and O–H groups in total. The number of hydrogen-bond donors (Lipinski definition) is 0. The van der Waals surface area contributed by atoms with Gasteiger partial charge in [-0.1, -0.05) is 20.3 Å². The van der Waals surface area contributed by atoms with Gasteiger partial charge in [0, 0.05) is 7.11 Å². The van der Waals surface area contributed by atoms with E-state index in [0.717, 1.165) is 5.92 Å². The van der Waals surface area contributed by atoms with Crippen molar-refractivity contribution in [3.05, 3.63) is 0 Å². The topological polar surface area (TPSA) is 9.23 Å². The third kappa shape index (κ3) is 6.18. The van der Waals surface area contributed by atoms with E-state index in [0.29, 0.717) is 9.76 Å². The molecule has 0 rings (SSSR count). The van der Waals surface area contributed by atoms with Crippen LogP contribution >= 0.6 is 0 Å². The van der Waals surface area contributed by atoms with E-state index in [1.165, 1.54) is 12.5 Å². The summed E-state index contributed by atoms with van der Waals surface area (Å²) in [4.78, 5) is 0. The minimum absolute atomic E-state index is 0.708. The summed E-state index contributed by atoms with van der Waals surface area (Å²) < 4.78 is 4.92. The van der Waals surface area contributed by atoms with Crippen molar-refractivity contribution in [1.82, 2.24) is 0 Å². The first-order valence-electron chi connectivity index (χ1n) is 3.03. The van der Waals surface area contributed by atoms with E-state index < -0.39 is 0 Å². The van der Waals surface area contributed by atoms with Crippen LogP contribution in [0.5, 0.6) is 0 Å². The summed E-state index contributed by atoms with van der Waals surface area (Å²) in [5.74, 6) is 0.831. The van der Waals surface area contributed by atoms with Crippen LogP contribution in [-0.4, -0.2) is 16.9 Å². The summed E-state index contributed by atoms with van der Waals surface area (Å²) >= 11 is 0. The van der Waals surface area contributed by atoms with Gasteiger partial charge >= 0.3 is 0 Å². The molecule has 0 saturated heterocycles. The van der Waals surface area contributed by atoms with Gasteiger partial charge in [0.15, 0.2) is 0 Å². The molecule has 0 saturated carbocycles. The Bertz CT molecular complexity index is 45.8. The van der Waals surface area contributed by atoms with Crippen LogP contribution in [0.1, 0.15) is 20.3 Å². The molecule has 2 heteroatoms. The maximum atomic E-state index is 4.92. The second kappa shape index (κ2) is 5.32. The van der Waals surface area contributed by atoms with Crippen molar-refractivity contribution in [1.29, 1.82) is 0 Å². The van der Waals surface area contributed by atoms with Gasteiger partial charge in [-0.2, -0.15) is 0 Å². The molecular formula is C6H14OSi. The average Bonchev–Trinajstić information content (AvgIpc) is 1.66. The molecule has 0 atom stereocenters. The molecule has 48 valence electrons. The molecule has 0 aromatic rings. The van der Waals surface area contributed by atoms with E-state index in [-0.39, 0.29) is 0 Å². The van der Waals surface area contributed by atoms with Gasteiger partial charge in [0.05, 0.1) is 0 Å². The van der Waals surface area contributed by atoms with Gasteiger partial charge in [0.25, 0.3) is 0 Å². The first-order valence-corrected chi connectivity index (χ1v) is 4.14. The summed E-state index contributed by atoms with van der Waals surface area (Å²) in [6.45, 7) is 4.47. The molecule has 0 aromatic carbocycles. The highest BCUT2D eigenvalue weighted by Gasteiger charge is 1.92. The Morgan fingerprint density at radius 2 is 2.12 bits per heavy atom.